The molecule has 0 aliphatic heterocycles. The van der Waals surface area contributed by atoms with Gasteiger partial charge in [-0.05, 0) is 19.1 Å². The van der Waals surface area contributed by atoms with E-state index in [9.17, 15) is 4.79 Å². The molecule has 0 atom stereocenters. The van der Waals surface area contributed by atoms with Crippen molar-refractivity contribution in [2.75, 3.05) is 25.0 Å². The molecule has 0 spiro atoms. The largest absolute Gasteiger partial charge is 0.389 e. The van der Waals surface area contributed by atoms with Gasteiger partial charge in [0.25, 0.3) is 0 Å². The number of carbonyl (C=O) groups excluding carboxylic acids is 1. The molecule has 1 amide bonds. The maximum absolute atomic E-state index is 11.4. The van der Waals surface area contributed by atoms with E-state index in [4.69, 9.17) is 18.0 Å². The molecule has 1 rings (SSSR count). The summed E-state index contributed by atoms with van der Waals surface area (Å²) in [4.78, 5) is 17.6. The van der Waals surface area contributed by atoms with Gasteiger partial charge in [0.1, 0.15) is 10.8 Å². The van der Waals surface area contributed by atoms with E-state index in [1.165, 1.54) is 0 Å². The summed E-state index contributed by atoms with van der Waals surface area (Å²) in [7, 11) is 1.80. The van der Waals surface area contributed by atoms with E-state index >= 15 is 0 Å². The zero-order valence-electron chi connectivity index (χ0n) is 9.93. The number of rotatable bonds is 5. The summed E-state index contributed by atoms with van der Waals surface area (Å²) in [5.41, 5.74) is 6.19. The van der Waals surface area contributed by atoms with Crippen LogP contribution >= 0.6 is 12.2 Å². The third-order valence-corrected chi connectivity index (χ3v) is 2.41. The van der Waals surface area contributed by atoms with Crippen molar-refractivity contribution in [1.29, 1.82) is 0 Å². The second-order valence-electron chi connectivity index (χ2n) is 3.58. The fourth-order valence-electron chi connectivity index (χ4n) is 1.31. The van der Waals surface area contributed by atoms with Crippen molar-refractivity contribution in [3.05, 3.63) is 23.9 Å². The van der Waals surface area contributed by atoms with Gasteiger partial charge < -0.3 is 16.0 Å². The van der Waals surface area contributed by atoms with Gasteiger partial charge >= 0.3 is 0 Å². The van der Waals surface area contributed by atoms with Crippen LogP contribution in [-0.2, 0) is 4.79 Å². The first-order valence-electron chi connectivity index (χ1n) is 5.28. The summed E-state index contributed by atoms with van der Waals surface area (Å²) in [5.74, 6) is 0.673. The number of amides is 1. The highest BCUT2D eigenvalue weighted by molar-refractivity contribution is 7.80. The number of anilines is 1. The molecule has 0 aliphatic rings. The van der Waals surface area contributed by atoms with Crippen LogP contribution in [0.4, 0.5) is 5.82 Å². The van der Waals surface area contributed by atoms with Crippen LogP contribution < -0.4 is 16.0 Å². The Morgan fingerprint density at radius 3 is 2.76 bits per heavy atom. The van der Waals surface area contributed by atoms with Crippen LogP contribution in [0.5, 0.6) is 0 Å². The minimum Gasteiger partial charge on any atom is -0.389 e. The first-order chi connectivity index (χ1) is 8.04. The monoisotopic (exact) mass is 252 g/mol. The average molecular weight is 252 g/mol. The molecule has 1 aromatic heterocycles. The summed E-state index contributed by atoms with van der Waals surface area (Å²) in [6.45, 7) is 2.78. The second-order valence-corrected chi connectivity index (χ2v) is 4.02. The van der Waals surface area contributed by atoms with E-state index in [2.05, 4.69) is 10.3 Å². The number of thiocarbonyl (C=S) groups is 1. The molecule has 0 fully saturated rings. The molecule has 0 saturated heterocycles. The Morgan fingerprint density at radius 2 is 2.29 bits per heavy atom. The zero-order valence-corrected chi connectivity index (χ0v) is 10.8. The van der Waals surface area contributed by atoms with Gasteiger partial charge in [-0.25, -0.2) is 4.98 Å². The fourth-order valence-corrected chi connectivity index (χ4v) is 1.43. The van der Waals surface area contributed by atoms with Crippen LogP contribution in [0.3, 0.4) is 0 Å². The first-order valence-corrected chi connectivity index (χ1v) is 5.69. The van der Waals surface area contributed by atoms with Gasteiger partial charge in [-0.1, -0.05) is 12.2 Å². The predicted octanol–water partition coefficient (Wildman–Crippen LogP) is 0.288. The number of nitrogens with zero attached hydrogens (tertiary/aromatic N) is 2. The van der Waals surface area contributed by atoms with Crippen LogP contribution in [0.1, 0.15) is 12.5 Å². The highest BCUT2D eigenvalue weighted by Crippen LogP contribution is 2.09. The molecule has 0 unspecified atom stereocenters. The Bertz CT molecular complexity index is 404. The van der Waals surface area contributed by atoms with Gasteiger partial charge in [0.05, 0.1) is 6.54 Å². The minimum atomic E-state index is -0.0322. The Hall–Kier alpha value is -1.69. The van der Waals surface area contributed by atoms with E-state index in [1.807, 2.05) is 6.92 Å². The van der Waals surface area contributed by atoms with E-state index in [1.54, 1.807) is 30.3 Å². The molecule has 5 nitrogen and oxygen atoms in total. The van der Waals surface area contributed by atoms with Crippen molar-refractivity contribution in [2.24, 2.45) is 5.73 Å². The smallest absolute Gasteiger partial charge is 0.239 e. The molecule has 0 radical (unpaired) electrons. The zero-order chi connectivity index (χ0) is 12.8. The third kappa shape index (κ3) is 3.99. The number of aromatic nitrogens is 1. The Morgan fingerprint density at radius 1 is 1.59 bits per heavy atom. The number of hydrogen-bond acceptors (Lipinski definition) is 4. The number of likely N-dealkylation sites (N-methyl/N-ethyl adjacent to an activating group) is 2. The average Bonchev–Trinajstić information content (AvgIpc) is 2.29. The van der Waals surface area contributed by atoms with E-state index in [0.29, 0.717) is 17.4 Å². The van der Waals surface area contributed by atoms with Gasteiger partial charge in [0.2, 0.25) is 5.91 Å². The lowest BCUT2D eigenvalue weighted by molar-refractivity contribution is -0.119. The van der Waals surface area contributed by atoms with Crippen molar-refractivity contribution in [1.82, 2.24) is 10.3 Å². The molecule has 1 heterocycles. The quantitative estimate of drug-likeness (QED) is 0.737. The van der Waals surface area contributed by atoms with Gasteiger partial charge in [-0.2, -0.15) is 0 Å². The van der Waals surface area contributed by atoms with Gasteiger partial charge in [-0.15, -0.1) is 0 Å². The van der Waals surface area contributed by atoms with E-state index in [0.717, 1.165) is 5.56 Å². The molecule has 0 aromatic carbocycles. The fraction of sp³-hybridized carbons (Fsp3) is 0.364. The molecule has 0 saturated carbocycles. The number of hydrogen-bond donors (Lipinski definition) is 2. The standard InChI is InChI=1S/C11H16N4OS/c1-3-13-10(16)7-15(2)9-5-4-8(6-14-9)11(12)17/h4-6H,3,7H2,1-2H3,(H2,12,17)(H,13,16). The van der Waals surface area contributed by atoms with Gasteiger partial charge in [0, 0.05) is 25.4 Å². The molecule has 0 bridgehead atoms. The third-order valence-electron chi connectivity index (χ3n) is 2.18. The summed E-state index contributed by atoms with van der Waals surface area (Å²) in [6.07, 6.45) is 1.60. The topological polar surface area (TPSA) is 71.2 Å². The summed E-state index contributed by atoms with van der Waals surface area (Å²) < 4.78 is 0. The van der Waals surface area contributed by atoms with Crippen LogP contribution in [0, 0.1) is 0 Å². The van der Waals surface area contributed by atoms with Crippen LogP contribution in [0.15, 0.2) is 18.3 Å². The summed E-state index contributed by atoms with van der Waals surface area (Å²) in [5, 5.41) is 2.73. The van der Waals surface area contributed by atoms with Crippen molar-refractivity contribution in [3.8, 4) is 0 Å². The molecule has 0 aliphatic carbocycles. The Balaban J connectivity index is 2.66. The van der Waals surface area contributed by atoms with Crippen molar-refractivity contribution in [2.45, 2.75) is 6.92 Å². The lowest BCUT2D eigenvalue weighted by Gasteiger charge is -2.17. The highest BCUT2D eigenvalue weighted by atomic mass is 32.1. The predicted molar refractivity (Wildman–Crippen MR) is 72.1 cm³/mol. The minimum absolute atomic E-state index is 0.0322. The number of nitrogens with two attached hydrogens (primary N) is 1. The van der Waals surface area contributed by atoms with E-state index in [-0.39, 0.29) is 12.5 Å². The Kier molecular flexibility index (Phi) is 4.84. The molecule has 17 heavy (non-hydrogen) atoms. The number of nitrogens with one attached hydrogen (secondary N) is 1. The first kappa shape index (κ1) is 13.4. The number of carbonyl (C=O) groups is 1. The lowest BCUT2D eigenvalue weighted by Crippen LogP contribution is -2.35. The van der Waals surface area contributed by atoms with Crippen LogP contribution in [-0.4, -0.2) is 36.0 Å². The maximum atomic E-state index is 11.4. The molecular formula is C11H16N4OS. The maximum Gasteiger partial charge on any atom is 0.239 e. The lowest BCUT2D eigenvalue weighted by atomic mass is 10.3. The van der Waals surface area contributed by atoms with Crippen molar-refractivity contribution >= 4 is 28.9 Å². The second kappa shape index (κ2) is 6.15. The normalized spacial score (nSPS) is 9.76. The van der Waals surface area contributed by atoms with Crippen LogP contribution in [0.25, 0.3) is 0 Å². The molecule has 92 valence electrons. The SMILES string of the molecule is CCNC(=O)CN(C)c1ccc(C(N)=S)cn1. The number of pyridine rings is 1. The van der Waals surface area contributed by atoms with Crippen molar-refractivity contribution < 1.29 is 4.79 Å². The van der Waals surface area contributed by atoms with E-state index < -0.39 is 0 Å². The molecular weight excluding hydrogens is 236 g/mol. The van der Waals surface area contributed by atoms with Crippen LogP contribution in [0.2, 0.25) is 0 Å². The highest BCUT2D eigenvalue weighted by Gasteiger charge is 2.07. The van der Waals surface area contributed by atoms with Gasteiger partial charge in [0.15, 0.2) is 0 Å². The summed E-state index contributed by atoms with van der Waals surface area (Å²) >= 11 is 4.84. The van der Waals surface area contributed by atoms with Crippen molar-refractivity contribution in [3.63, 3.8) is 0 Å². The molecule has 1 aromatic rings. The molecule has 6 heteroatoms. The Labute approximate surface area is 106 Å². The summed E-state index contributed by atoms with van der Waals surface area (Å²) in [6, 6.07) is 3.58. The molecule has 3 N–H and O–H groups in total. The van der Waals surface area contributed by atoms with Gasteiger partial charge in [-0.3, -0.25) is 4.79 Å².